The molecular weight excluding hydrogens is 567 g/mol. The molecule has 218 valence electrons. The molecular formula is C27H27ClF3N5O5. The number of rotatable bonds is 8. The third-order valence-electron chi connectivity index (χ3n) is 4.92. The molecule has 0 radical (unpaired) electrons. The number of carbonyl (C=O) groups excluding carboxylic acids is 3. The van der Waals surface area contributed by atoms with Crippen LogP contribution in [0.1, 0.15) is 36.8 Å². The van der Waals surface area contributed by atoms with E-state index in [4.69, 9.17) is 21.1 Å². The molecule has 0 atom stereocenters. The Balaban J connectivity index is 1.50. The van der Waals surface area contributed by atoms with Crippen LogP contribution in [0.2, 0.25) is 5.02 Å². The summed E-state index contributed by atoms with van der Waals surface area (Å²) in [7, 11) is 0. The highest BCUT2D eigenvalue weighted by molar-refractivity contribution is 6.31. The van der Waals surface area contributed by atoms with E-state index in [-0.39, 0.29) is 24.5 Å². The van der Waals surface area contributed by atoms with Gasteiger partial charge in [-0.15, -0.1) is 0 Å². The van der Waals surface area contributed by atoms with E-state index in [9.17, 15) is 27.6 Å². The molecule has 4 N–H and O–H groups in total. The number of hydrogen-bond donors (Lipinski definition) is 4. The Morgan fingerprint density at radius 2 is 1.49 bits per heavy atom. The second-order valence-electron chi connectivity index (χ2n) is 9.46. The Morgan fingerprint density at radius 1 is 0.854 bits per heavy atom. The van der Waals surface area contributed by atoms with Gasteiger partial charge in [-0.25, -0.2) is 9.59 Å². The van der Waals surface area contributed by atoms with Crippen molar-refractivity contribution in [2.24, 2.45) is 0 Å². The third-order valence-corrected chi connectivity index (χ3v) is 5.25. The number of anilines is 2. The van der Waals surface area contributed by atoms with Gasteiger partial charge >= 0.3 is 18.3 Å². The van der Waals surface area contributed by atoms with Crippen molar-refractivity contribution in [3.63, 3.8) is 0 Å². The molecule has 0 aliphatic rings. The minimum Gasteiger partial charge on any atom is -0.457 e. The van der Waals surface area contributed by atoms with Gasteiger partial charge in [0.15, 0.2) is 0 Å². The number of pyridine rings is 1. The van der Waals surface area contributed by atoms with Gasteiger partial charge in [0.25, 0.3) is 5.91 Å². The summed E-state index contributed by atoms with van der Waals surface area (Å²) in [6, 6.07) is 11.4. The van der Waals surface area contributed by atoms with Crippen molar-refractivity contribution in [1.82, 2.24) is 15.6 Å². The van der Waals surface area contributed by atoms with Crippen LogP contribution in [0.4, 0.5) is 34.1 Å². The summed E-state index contributed by atoms with van der Waals surface area (Å²) in [6.07, 6.45) is -3.87. The van der Waals surface area contributed by atoms with Crippen molar-refractivity contribution in [1.29, 1.82) is 0 Å². The molecule has 14 heteroatoms. The molecule has 1 aromatic heterocycles. The van der Waals surface area contributed by atoms with Crippen molar-refractivity contribution in [2.45, 2.75) is 32.5 Å². The van der Waals surface area contributed by atoms with Crippen LogP contribution in [0.15, 0.2) is 60.8 Å². The van der Waals surface area contributed by atoms with Crippen LogP contribution in [0.5, 0.6) is 11.5 Å². The highest BCUT2D eigenvalue weighted by Gasteiger charge is 2.33. The van der Waals surface area contributed by atoms with E-state index in [2.05, 4.69) is 26.3 Å². The van der Waals surface area contributed by atoms with Crippen molar-refractivity contribution in [3.05, 3.63) is 77.1 Å². The zero-order chi connectivity index (χ0) is 30.2. The zero-order valence-electron chi connectivity index (χ0n) is 22.2. The van der Waals surface area contributed by atoms with Gasteiger partial charge in [-0.2, -0.15) is 13.2 Å². The summed E-state index contributed by atoms with van der Waals surface area (Å²) in [5.74, 6) is 0.219. The Hall–Kier alpha value is -4.52. The van der Waals surface area contributed by atoms with Gasteiger partial charge in [0.1, 0.15) is 22.8 Å². The third kappa shape index (κ3) is 10.2. The molecule has 41 heavy (non-hydrogen) atoms. The molecule has 0 aliphatic heterocycles. The van der Waals surface area contributed by atoms with Gasteiger partial charge in [-0.05, 0) is 69.3 Å². The smallest absolute Gasteiger partial charge is 0.417 e. The lowest BCUT2D eigenvalue weighted by Crippen LogP contribution is -2.38. The quantitative estimate of drug-likeness (QED) is 0.222. The first-order chi connectivity index (χ1) is 19.2. The maximum Gasteiger partial charge on any atom is 0.417 e. The normalized spacial score (nSPS) is 11.3. The Bertz CT molecular complexity index is 1400. The van der Waals surface area contributed by atoms with E-state index < -0.39 is 40.4 Å². The molecule has 2 aromatic carbocycles. The molecule has 0 bridgehead atoms. The van der Waals surface area contributed by atoms with E-state index in [1.165, 1.54) is 30.5 Å². The molecule has 0 spiro atoms. The van der Waals surface area contributed by atoms with Crippen LogP contribution in [0.3, 0.4) is 0 Å². The van der Waals surface area contributed by atoms with Gasteiger partial charge in [-0.3, -0.25) is 9.78 Å². The van der Waals surface area contributed by atoms with Crippen LogP contribution in [-0.2, 0) is 10.9 Å². The van der Waals surface area contributed by atoms with Crippen LogP contribution < -0.4 is 26.0 Å². The SMILES string of the molecule is CC(C)(C)OC(=O)NCCNC(=O)c1cc(Oc2ccc(NC(=O)Nc3ccc(Cl)c(C(F)(F)F)c3)cc2)ccn1. The standard InChI is InChI=1S/C27H27ClF3N5O5/c1-26(2,3)41-25(39)34-13-12-33-23(37)22-15-19(10-11-32-22)40-18-7-4-16(5-8-18)35-24(38)36-17-6-9-21(28)20(14-17)27(29,30)31/h4-11,14-15H,12-13H2,1-3H3,(H,33,37)(H,34,39)(H2,35,36,38). The predicted molar refractivity (Wildman–Crippen MR) is 146 cm³/mol. The van der Waals surface area contributed by atoms with Gasteiger partial charge in [0.05, 0.1) is 10.6 Å². The van der Waals surface area contributed by atoms with Crippen LogP contribution in [-0.4, -0.2) is 41.7 Å². The highest BCUT2D eigenvalue weighted by atomic mass is 35.5. The lowest BCUT2D eigenvalue weighted by Gasteiger charge is -2.19. The van der Waals surface area contributed by atoms with E-state index in [1.807, 2.05) is 0 Å². The summed E-state index contributed by atoms with van der Waals surface area (Å²) in [5.41, 5.74) is -1.35. The van der Waals surface area contributed by atoms with E-state index >= 15 is 0 Å². The fourth-order valence-corrected chi connectivity index (χ4v) is 3.42. The first kappa shape index (κ1) is 31.0. The van der Waals surface area contributed by atoms with E-state index in [1.54, 1.807) is 39.0 Å². The molecule has 1 heterocycles. The fraction of sp³-hybridized carbons (Fsp3) is 0.259. The predicted octanol–water partition coefficient (Wildman–Crippen LogP) is 6.44. The number of urea groups is 1. The van der Waals surface area contributed by atoms with Crippen molar-refractivity contribution < 1.29 is 37.0 Å². The molecule has 0 aliphatic carbocycles. The molecule has 3 rings (SSSR count). The van der Waals surface area contributed by atoms with Gasteiger partial charge in [-0.1, -0.05) is 11.6 Å². The summed E-state index contributed by atoms with van der Waals surface area (Å²) >= 11 is 5.60. The number of hydrogen-bond acceptors (Lipinski definition) is 6. The van der Waals surface area contributed by atoms with Gasteiger partial charge in [0.2, 0.25) is 0 Å². The fourth-order valence-electron chi connectivity index (χ4n) is 3.20. The maximum atomic E-state index is 13.0. The monoisotopic (exact) mass is 593 g/mol. The summed E-state index contributed by atoms with van der Waals surface area (Å²) < 4.78 is 50.0. The second-order valence-corrected chi connectivity index (χ2v) is 9.87. The number of nitrogens with zero attached hydrogens (tertiary/aromatic N) is 1. The molecule has 10 nitrogen and oxygen atoms in total. The number of nitrogens with one attached hydrogen (secondary N) is 4. The average Bonchev–Trinajstić information content (AvgIpc) is 2.87. The Morgan fingerprint density at radius 3 is 2.15 bits per heavy atom. The largest absolute Gasteiger partial charge is 0.457 e. The minimum atomic E-state index is -4.67. The molecule has 0 saturated carbocycles. The Labute approximate surface area is 238 Å². The molecule has 0 saturated heterocycles. The van der Waals surface area contributed by atoms with E-state index in [0.717, 1.165) is 12.1 Å². The first-order valence-corrected chi connectivity index (χ1v) is 12.5. The highest BCUT2D eigenvalue weighted by Crippen LogP contribution is 2.36. The molecule has 4 amide bonds. The van der Waals surface area contributed by atoms with Crippen LogP contribution in [0.25, 0.3) is 0 Å². The van der Waals surface area contributed by atoms with Crippen molar-refractivity contribution in [3.8, 4) is 11.5 Å². The maximum absolute atomic E-state index is 13.0. The van der Waals surface area contributed by atoms with Gasteiger partial charge in [0, 0.05) is 36.7 Å². The zero-order valence-corrected chi connectivity index (χ0v) is 22.9. The van der Waals surface area contributed by atoms with Crippen LogP contribution >= 0.6 is 11.6 Å². The van der Waals surface area contributed by atoms with E-state index in [0.29, 0.717) is 17.2 Å². The van der Waals surface area contributed by atoms with Gasteiger partial charge < -0.3 is 30.7 Å². The van der Waals surface area contributed by atoms with Crippen molar-refractivity contribution in [2.75, 3.05) is 23.7 Å². The number of benzene rings is 2. The molecule has 0 unspecified atom stereocenters. The molecule has 3 aromatic rings. The lowest BCUT2D eigenvalue weighted by atomic mass is 10.2. The number of halogens is 4. The minimum absolute atomic E-state index is 0.0870. The number of alkyl halides is 3. The second kappa shape index (κ2) is 13.2. The number of carbonyl (C=O) groups is 3. The average molecular weight is 594 g/mol. The van der Waals surface area contributed by atoms with Crippen molar-refractivity contribution >= 4 is 41.0 Å². The lowest BCUT2D eigenvalue weighted by molar-refractivity contribution is -0.137. The number of ether oxygens (including phenoxy) is 2. The first-order valence-electron chi connectivity index (χ1n) is 12.1. The van der Waals surface area contributed by atoms with Crippen LogP contribution in [0, 0.1) is 0 Å². The Kier molecular flexibility index (Phi) is 10.0. The summed E-state index contributed by atoms with van der Waals surface area (Å²) in [6.45, 7) is 5.52. The summed E-state index contributed by atoms with van der Waals surface area (Å²) in [4.78, 5) is 40.3. The topological polar surface area (TPSA) is 131 Å². The number of amides is 4. The summed E-state index contributed by atoms with van der Waals surface area (Å²) in [5, 5.41) is 9.51. The number of alkyl carbamates (subject to hydrolysis) is 1. The number of aromatic nitrogens is 1. The molecule has 0 fully saturated rings.